The van der Waals surface area contributed by atoms with Gasteiger partial charge < -0.3 is 15.4 Å². The van der Waals surface area contributed by atoms with Crippen LogP contribution in [0.4, 0.5) is 11.4 Å². The topological polar surface area (TPSA) is 67.4 Å². The number of hydrogen-bond acceptors (Lipinski definition) is 4. The van der Waals surface area contributed by atoms with Gasteiger partial charge in [-0.05, 0) is 68.3 Å². The molecule has 2 aromatic rings. The first kappa shape index (κ1) is 21.2. The Balaban J connectivity index is 1.50. The van der Waals surface area contributed by atoms with Gasteiger partial charge in [-0.1, -0.05) is 19.3 Å². The number of methoxy groups -OCH3 is 1. The van der Waals surface area contributed by atoms with E-state index < -0.39 is 0 Å². The van der Waals surface area contributed by atoms with Crippen molar-refractivity contribution in [3.63, 3.8) is 0 Å². The third-order valence-electron chi connectivity index (χ3n) is 5.14. The van der Waals surface area contributed by atoms with Crippen molar-refractivity contribution in [2.75, 3.05) is 17.7 Å². The Bertz CT molecular complexity index is 815. The van der Waals surface area contributed by atoms with Gasteiger partial charge in [0.15, 0.2) is 0 Å². The van der Waals surface area contributed by atoms with Crippen LogP contribution in [0.25, 0.3) is 0 Å². The van der Waals surface area contributed by atoms with Crippen LogP contribution in [0.3, 0.4) is 0 Å². The molecule has 1 aliphatic carbocycles. The van der Waals surface area contributed by atoms with Crippen molar-refractivity contribution in [1.29, 1.82) is 0 Å². The van der Waals surface area contributed by atoms with Gasteiger partial charge in [-0.3, -0.25) is 9.59 Å². The highest BCUT2D eigenvalue weighted by Gasteiger charge is 2.21. The first-order valence-corrected chi connectivity index (χ1v) is 11.0. The number of hydrogen-bond donors (Lipinski definition) is 2. The molecular weight excluding hydrogens is 384 g/mol. The maximum atomic E-state index is 12.4. The average Bonchev–Trinajstić information content (AvgIpc) is 2.76. The third-order valence-corrected chi connectivity index (χ3v) is 6.25. The van der Waals surface area contributed by atoms with Crippen molar-refractivity contribution in [2.45, 2.75) is 49.2 Å². The Morgan fingerprint density at radius 1 is 0.931 bits per heavy atom. The van der Waals surface area contributed by atoms with E-state index in [1.165, 1.54) is 18.2 Å². The van der Waals surface area contributed by atoms with Crippen LogP contribution < -0.4 is 15.4 Å². The molecule has 0 spiro atoms. The second kappa shape index (κ2) is 10.3. The summed E-state index contributed by atoms with van der Waals surface area (Å²) in [6.07, 6.45) is 5.50. The molecule has 0 aliphatic heterocycles. The fourth-order valence-electron chi connectivity index (χ4n) is 3.40. The van der Waals surface area contributed by atoms with E-state index in [9.17, 15) is 9.59 Å². The average molecular weight is 413 g/mol. The van der Waals surface area contributed by atoms with Crippen molar-refractivity contribution in [3.8, 4) is 5.75 Å². The van der Waals surface area contributed by atoms with Crippen molar-refractivity contribution in [3.05, 3.63) is 48.5 Å². The molecule has 2 N–H and O–H groups in total. The smallest absolute Gasteiger partial charge is 0.237 e. The summed E-state index contributed by atoms with van der Waals surface area (Å²) in [6, 6.07) is 14.9. The molecule has 0 bridgehead atoms. The van der Waals surface area contributed by atoms with Gasteiger partial charge >= 0.3 is 0 Å². The zero-order valence-corrected chi connectivity index (χ0v) is 17.8. The van der Waals surface area contributed by atoms with Crippen LogP contribution in [-0.2, 0) is 9.59 Å². The predicted octanol–water partition coefficient (Wildman–Crippen LogP) is 5.33. The van der Waals surface area contributed by atoms with Crippen LogP contribution >= 0.6 is 11.8 Å². The molecule has 1 unspecified atom stereocenters. The quantitative estimate of drug-likeness (QED) is 0.603. The highest BCUT2D eigenvalue weighted by Crippen LogP contribution is 2.28. The van der Waals surface area contributed by atoms with Gasteiger partial charge in [0.2, 0.25) is 11.8 Å². The molecule has 6 heteroatoms. The highest BCUT2D eigenvalue weighted by atomic mass is 32.2. The number of anilines is 2. The maximum absolute atomic E-state index is 12.4. The molecule has 1 fully saturated rings. The molecule has 0 saturated heterocycles. The molecule has 154 valence electrons. The van der Waals surface area contributed by atoms with Crippen molar-refractivity contribution in [2.24, 2.45) is 5.92 Å². The molecule has 0 heterocycles. The van der Waals surface area contributed by atoms with Gasteiger partial charge in [0.1, 0.15) is 5.75 Å². The van der Waals surface area contributed by atoms with Gasteiger partial charge in [-0.25, -0.2) is 0 Å². The van der Waals surface area contributed by atoms with Gasteiger partial charge in [-0.15, -0.1) is 11.8 Å². The summed E-state index contributed by atoms with van der Waals surface area (Å²) in [7, 11) is 1.61. The van der Waals surface area contributed by atoms with Crippen LogP contribution in [0, 0.1) is 5.92 Å². The van der Waals surface area contributed by atoms with E-state index in [0.29, 0.717) is 0 Å². The van der Waals surface area contributed by atoms with E-state index >= 15 is 0 Å². The van der Waals surface area contributed by atoms with E-state index in [1.807, 2.05) is 55.5 Å². The minimum absolute atomic E-state index is 0.0603. The number of ether oxygens (including phenoxy) is 1. The molecule has 2 amide bonds. The molecule has 0 radical (unpaired) electrons. The first-order valence-electron chi connectivity index (χ1n) is 10.1. The lowest BCUT2D eigenvalue weighted by atomic mass is 9.88. The second-order valence-electron chi connectivity index (χ2n) is 7.33. The Hall–Kier alpha value is -2.47. The van der Waals surface area contributed by atoms with E-state index in [0.717, 1.165) is 47.7 Å². The maximum Gasteiger partial charge on any atom is 0.237 e. The summed E-state index contributed by atoms with van der Waals surface area (Å²) >= 11 is 1.48. The molecule has 1 aliphatic rings. The van der Waals surface area contributed by atoms with Crippen LogP contribution in [0.5, 0.6) is 5.75 Å². The molecule has 2 aromatic carbocycles. The molecule has 5 nitrogen and oxygen atoms in total. The summed E-state index contributed by atoms with van der Waals surface area (Å²) in [5.74, 6) is 0.952. The molecular formula is C23H28N2O3S. The van der Waals surface area contributed by atoms with Crippen LogP contribution in [0.2, 0.25) is 0 Å². The number of thioether (sulfide) groups is 1. The molecule has 0 aromatic heterocycles. The molecule has 3 rings (SSSR count). The van der Waals surface area contributed by atoms with Crippen molar-refractivity contribution in [1.82, 2.24) is 0 Å². The fourth-order valence-corrected chi connectivity index (χ4v) is 4.27. The van der Waals surface area contributed by atoms with Gasteiger partial charge in [0.05, 0.1) is 12.4 Å². The Kier molecular flexibility index (Phi) is 7.58. The number of carbonyl (C=O) groups excluding carboxylic acids is 2. The summed E-state index contributed by atoms with van der Waals surface area (Å²) in [5.41, 5.74) is 1.55. The zero-order valence-electron chi connectivity index (χ0n) is 16.9. The van der Waals surface area contributed by atoms with Crippen LogP contribution in [0.15, 0.2) is 53.4 Å². The number of amides is 2. The Labute approximate surface area is 176 Å². The SMILES string of the molecule is COc1ccc(NC(=O)C(C)Sc2ccc(NC(=O)C3CCCCC3)cc2)cc1. The third kappa shape index (κ3) is 6.26. The highest BCUT2D eigenvalue weighted by molar-refractivity contribution is 8.00. The first-order chi connectivity index (χ1) is 14.0. The summed E-state index contributed by atoms with van der Waals surface area (Å²) in [4.78, 5) is 25.8. The van der Waals surface area contributed by atoms with Gasteiger partial charge in [0, 0.05) is 22.2 Å². The predicted molar refractivity (Wildman–Crippen MR) is 119 cm³/mol. The lowest BCUT2D eigenvalue weighted by Gasteiger charge is -2.20. The Morgan fingerprint density at radius 3 is 2.14 bits per heavy atom. The minimum Gasteiger partial charge on any atom is -0.497 e. The van der Waals surface area contributed by atoms with Gasteiger partial charge in [0.25, 0.3) is 0 Å². The molecule has 29 heavy (non-hydrogen) atoms. The zero-order chi connectivity index (χ0) is 20.6. The lowest BCUT2D eigenvalue weighted by Crippen LogP contribution is -2.24. The van der Waals surface area contributed by atoms with E-state index in [2.05, 4.69) is 10.6 Å². The normalized spacial score (nSPS) is 15.4. The van der Waals surface area contributed by atoms with Crippen molar-refractivity contribution < 1.29 is 14.3 Å². The summed E-state index contributed by atoms with van der Waals surface area (Å²) in [6.45, 7) is 1.88. The van der Waals surface area contributed by atoms with E-state index in [-0.39, 0.29) is 23.0 Å². The standard InChI is InChI=1S/C23H28N2O3S/c1-16(22(26)24-18-8-12-20(28-2)13-9-18)29-21-14-10-19(11-15-21)25-23(27)17-6-4-3-5-7-17/h8-17H,3-7H2,1-2H3,(H,24,26)(H,25,27). The second-order valence-corrected chi connectivity index (χ2v) is 8.74. The fraction of sp³-hybridized carbons (Fsp3) is 0.391. The van der Waals surface area contributed by atoms with Crippen LogP contribution in [0.1, 0.15) is 39.0 Å². The molecule has 1 saturated carbocycles. The number of nitrogens with one attached hydrogen (secondary N) is 2. The summed E-state index contributed by atoms with van der Waals surface area (Å²) < 4.78 is 5.13. The number of benzene rings is 2. The van der Waals surface area contributed by atoms with Gasteiger partial charge in [-0.2, -0.15) is 0 Å². The molecule has 1 atom stereocenters. The number of carbonyl (C=O) groups is 2. The lowest BCUT2D eigenvalue weighted by molar-refractivity contribution is -0.120. The van der Waals surface area contributed by atoms with E-state index in [1.54, 1.807) is 7.11 Å². The monoisotopic (exact) mass is 412 g/mol. The van der Waals surface area contributed by atoms with Crippen LogP contribution in [-0.4, -0.2) is 24.2 Å². The Morgan fingerprint density at radius 2 is 1.52 bits per heavy atom. The minimum atomic E-state index is -0.250. The largest absolute Gasteiger partial charge is 0.497 e. The van der Waals surface area contributed by atoms with E-state index in [4.69, 9.17) is 4.74 Å². The van der Waals surface area contributed by atoms with Crippen molar-refractivity contribution >= 4 is 35.0 Å². The summed E-state index contributed by atoms with van der Waals surface area (Å²) in [5, 5.41) is 5.68. The number of rotatable bonds is 7.